The molecule has 6 heteroatoms. The molecule has 2 fully saturated rings. The standard InChI is InChI=1S/C25H30N4O2/c1-28-14-10-18(11-15-28)8-9-22(30)29-16-12-25(23(29)19-5-4-13-26-17-19)20-6-2-3-7-21(20)27-24(25)31/h2-7,13,17-18,23H,8-12,14-16H2,1H3,(H,27,31). The van der Waals surface area contributed by atoms with Gasteiger partial charge in [0.1, 0.15) is 5.41 Å². The Hall–Kier alpha value is -2.73. The average molecular weight is 419 g/mol. The van der Waals surface area contributed by atoms with Crippen molar-refractivity contribution in [2.24, 2.45) is 5.92 Å². The maximum Gasteiger partial charge on any atom is 0.237 e. The quantitative estimate of drug-likeness (QED) is 0.827. The number of hydrogen-bond acceptors (Lipinski definition) is 4. The number of hydrogen-bond donors (Lipinski definition) is 1. The fourth-order valence-electron chi connectivity index (χ4n) is 5.78. The molecular weight excluding hydrogens is 388 g/mol. The van der Waals surface area contributed by atoms with Crippen LogP contribution in [0.4, 0.5) is 5.69 Å². The van der Waals surface area contributed by atoms with Crippen LogP contribution in [-0.4, -0.2) is 53.3 Å². The first-order valence-electron chi connectivity index (χ1n) is 11.4. The minimum Gasteiger partial charge on any atom is -0.334 e. The number of nitrogens with zero attached hydrogens (tertiary/aromatic N) is 3. The molecule has 31 heavy (non-hydrogen) atoms. The van der Waals surface area contributed by atoms with E-state index in [1.165, 1.54) is 0 Å². The van der Waals surface area contributed by atoms with E-state index in [0.717, 1.165) is 49.2 Å². The second-order valence-corrected chi connectivity index (χ2v) is 9.28. The molecule has 6 nitrogen and oxygen atoms in total. The Bertz CT molecular complexity index is 970. The molecule has 0 radical (unpaired) electrons. The molecule has 162 valence electrons. The van der Waals surface area contributed by atoms with Gasteiger partial charge in [-0.1, -0.05) is 24.3 Å². The van der Waals surface area contributed by atoms with Crippen molar-refractivity contribution in [1.29, 1.82) is 0 Å². The van der Waals surface area contributed by atoms with Crippen LogP contribution in [-0.2, 0) is 15.0 Å². The van der Waals surface area contributed by atoms with Gasteiger partial charge in [-0.05, 0) is 75.0 Å². The SMILES string of the molecule is CN1CCC(CCC(=O)N2CCC3(C(=O)Nc4ccccc43)C2c2cccnc2)CC1. The summed E-state index contributed by atoms with van der Waals surface area (Å²) in [7, 11) is 2.16. The van der Waals surface area contributed by atoms with E-state index in [2.05, 4.69) is 22.2 Å². The molecule has 1 aromatic carbocycles. The van der Waals surface area contributed by atoms with Crippen molar-refractivity contribution in [3.8, 4) is 0 Å². The molecular formula is C25H30N4O2. The number of anilines is 1. The molecule has 0 aliphatic carbocycles. The Morgan fingerprint density at radius 3 is 2.74 bits per heavy atom. The summed E-state index contributed by atoms with van der Waals surface area (Å²) in [5, 5.41) is 3.08. The van der Waals surface area contributed by atoms with Crippen LogP contribution in [0.1, 0.15) is 49.3 Å². The smallest absolute Gasteiger partial charge is 0.237 e. The van der Waals surface area contributed by atoms with Crippen LogP contribution in [0.5, 0.6) is 0 Å². The Labute approximate surface area is 183 Å². The van der Waals surface area contributed by atoms with Crippen LogP contribution in [0.25, 0.3) is 0 Å². The molecule has 3 aliphatic rings. The molecule has 4 heterocycles. The summed E-state index contributed by atoms with van der Waals surface area (Å²) >= 11 is 0. The third-order valence-electron chi connectivity index (χ3n) is 7.51. The number of para-hydroxylation sites is 1. The van der Waals surface area contributed by atoms with Gasteiger partial charge in [0, 0.05) is 31.0 Å². The lowest BCUT2D eigenvalue weighted by atomic mass is 9.73. The number of carbonyl (C=O) groups is 2. The molecule has 2 atom stereocenters. The number of rotatable bonds is 4. The molecule has 2 amide bonds. The van der Waals surface area contributed by atoms with E-state index in [0.29, 0.717) is 25.3 Å². The maximum atomic E-state index is 13.5. The normalized spacial score (nSPS) is 26.3. The molecule has 1 N–H and O–H groups in total. The van der Waals surface area contributed by atoms with Gasteiger partial charge in [-0.25, -0.2) is 0 Å². The number of nitrogens with one attached hydrogen (secondary N) is 1. The van der Waals surface area contributed by atoms with Gasteiger partial charge in [-0.15, -0.1) is 0 Å². The van der Waals surface area contributed by atoms with Gasteiger partial charge < -0.3 is 15.1 Å². The molecule has 2 unspecified atom stereocenters. The number of carbonyl (C=O) groups excluding carboxylic acids is 2. The van der Waals surface area contributed by atoms with Gasteiger partial charge in [0.15, 0.2) is 0 Å². The van der Waals surface area contributed by atoms with E-state index in [-0.39, 0.29) is 17.9 Å². The Morgan fingerprint density at radius 2 is 1.97 bits per heavy atom. The lowest BCUT2D eigenvalue weighted by Crippen LogP contribution is -2.42. The average Bonchev–Trinajstić information content (AvgIpc) is 3.33. The predicted molar refractivity (Wildman–Crippen MR) is 120 cm³/mol. The van der Waals surface area contributed by atoms with Crippen LogP contribution in [0.2, 0.25) is 0 Å². The zero-order chi connectivity index (χ0) is 21.4. The first kappa shape index (κ1) is 20.2. The van der Waals surface area contributed by atoms with Gasteiger partial charge in [-0.3, -0.25) is 14.6 Å². The van der Waals surface area contributed by atoms with Gasteiger partial charge in [0.2, 0.25) is 11.8 Å². The van der Waals surface area contributed by atoms with Crippen molar-refractivity contribution in [3.63, 3.8) is 0 Å². The minimum absolute atomic E-state index is 0.00632. The topological polar surface area (TPSA) is 65.5 Å². The number of piperidine rings is 1. The fraction of sp³-hybridized carbons (Fsp3) is 0.480. The highest BCUT2D eigenvalue weighted by Crippen LogP contribution is 2.54. The highest BCUT2D eigenvalue weighted by atomic mass is 16.2. The van der Waals surface area contributed by atoms with Crippen molar-refractivity contribution in [2.75, 3.05) is 32.0 Å². The first-order chi connectivity index (χ1) is 15.1. The van der Waals surface area contributed by atoms with Crippen molar-refractivity contribution < 1.29 is 9.59 Å². The molecule has 1 spiro atoms. The van der Waals surface area contributed by atoms with Crippen molar-refractivity contribution in [2.45, 2.75) is 43.6 Å². The molecule has 2 aromatic rings. The minimum atomic E-state index is -0.747. The zero-order valence-corrected chi connectivity index (χ0v) is 18.1. The van der Waals surface area contributed by atoms with Crippen LogP contribution < -0.4 is 5.32 Å². The van der Waals surface area contributed by atoms with E-state index in [1.807, 2.05) is 47.5 Å². The lowest BCUT2D eigenvalue weighted by molar-refractivity contribution is -0.134. The Balaban J connectivity index is 1.43. The molecule has 0 saturated carbocycles. The maximum absolute atomic E-state index is 13.5. The molecule has 3 aliphatic heterocycles. The number of fused-ring (bicyclic) bond motifs is 2. The molecule has 1 aromatic heterocycles. The number of pyridine rings is 1. The van der Waals surface area contributed by atoms with E-state index < -0.39 is 5.41 Å². The van der Waals surface area contributed by atoms with Crippen molar-refractivity contribution in [1.82, 2.24) is 14.8 Å². The fourth-order valence-corrected chi connectivity index (χ4v) is 5.78. The van der Waals surface area contributed by atoms with E-state index in [9.17, 15) is 9.59 Å². The van der Waals surface area contributed by atoms with E-state index in [1.54, 1.807) is 6.20 Å². The van der Waals surface area contributed by atoms with Gasteiger partial charge in [0.25, 0.3) is 0 Å². The van der Waals surface area contributed by atoms with E-state index >= 15 is 0 Å². The largest absolute Gasteiger partial charge is 0.334 e. The van der Waals surface area contributed by atoms with Crippen LogP contribution in [0, 0.1) is 5.92 Å². The predicted octanol–water partition coefficient (Wildman–Crippen LogP) is 3.37. The summed E-state index contributed by atoms with van der Waals surface area (Å²) < 4.78 is 0. The zero-order valence-electron chi connectivity index (χ0n) is 18.1. The Morgan fingerprint density at radius 1 is 1.16 bits per heavy atom. The second-order valence-electron chi connectivity index (χ2n) is 9.28. The van der Waals surface area contributed by atoms with Crippen LogP contribution in [0.3, 0.4) is 0 Å². The third kappa shape index (κ3) is 3.43. The summed E-state index contributed by atoms with van der Waals surface area (Å²) in [5.74, 6) is 0.763. The Kier molecular flexibility index (Phi) is 5.26. The summed E-state index contributed by atoms with van der Waals surface area (Å²) in [6.45, 7) is 2.81. The number of aromatic nitrogens is 1. The van der Waals surface area contributed by atoms with Crippen molar-refractivity contribution in [3.05, 3.63) is 59.9 Å². The lowest BCUT2D eigenvalue weighted by Gasteiger charge is -2.35. The summed E-state index contributed by atoms with van der Waals surface area (Å²) in [5.41, 5.74) is 2.05. The molecule has 5 rings (SSSR count). The van der Waals surface area contributed by atoms with E-state index in [4.69, 9.17) is 0 Å². The summed E-state index contributed by atoms with van der Waals surface area (Å²) in [4.78, 5) is 35.4. The third-order valence-corrected chi connectivity index (χ3v) is 7.51. The first-order valence-corrected chi connectivity index (χ1v) is 11.4. The van der Waals surface area contributed by atoms with Crippen LogP contribution >= 0.6 is 0 Å². The van der Waals surface area contributed by atoms with Gasteiger partial charge in [0.05, 0.1) is 6.04 Å². The molecule has 2 saturated heterocycles. The summed E-state index contributed by atoms with van der Waals surface area (Å²) in [6, 6.07) is 11.5. The highest BCUT2D eigenvalue weighted by Gasteiger charge is 2.59. The van der Waals surface area contributed by atoms with Gasteiger partial charge in [-0.2, -0.15) is 0 Å². The van der Waals surface area contributed by atoms with Crippen LogP contribution in [0.15, 0.2) is 48.8 Å². The van der Waals surface area contributed by atoms with Gasteiger partial charge >= 0.3 is 0 Å². The summed E-state index contributed by atoms with van der Waals surface area (Å²) in [6.07, 6.45) is 7.98. The number of benzene rings is 1. The monoisotopic (exact) mass is 418 g/mol. The second kappa shape index (κ2) is 8.08. The highest BCUT2D eigenvalue weighted by molar-refractivity contribution is 6.07. The molecule has 0 bridgehead atoms. The van der Waals surface area contributed by atoms with Crippen molar-refractivity contribution >= 4 is 17.5 Å². The number of likely N-dealkylation sites (tertiary alicyclic amines) is 2. The number of amides is 2.